The van der Waals surface area contributed by atoms with Crippen LogP contribution in [0.4, 0.5) is 15.8 Å². The number of aryl methyl sites for hydroxylation is 1. The lowest BCUT2D eigenvalue weighted by molar-refractivity contribution is 0.102. The van der Waals surface area contributed by atoms with Gasteiger partial charge in [-0.1, -0.05) is 18.2 Å². The summed E-state index contributed by atoms with van der Waals surface area (Å²) in [5.41, 5.74) is 0.711. The summed E-state index contributed by atoms with van der Waals surface area (Å²) in [4.78, 5) is 12.9. The van der Waals surface area contributed by atoms with Gasteiger partial charge in [0.25, 0.3) is 15.9 Å². The van der Waals surface area contributed by atoms with Gasteiger partial charge in [0.05, 0.1) is 27.5 Å². The fourth-order valence-electron chi connectivity index (χ4n) is 3.57. The van der Waals surface area contributed by atoms with Crippen molar-refractivity contribution in [1.29, 1.82) is 0 Å². The van der Waals surface area contributed by atoms with Crippen LogP contribution >= 0.6 is 0 Å². The van der Waals surface area contributed by atoms with Crippen LogP contribution in [-0.4, -0.2) is 29.9 Å². The number of carbonyl (C=O) groups is 1. The van der Waals surface area contributed by atoms with Crippen LogP contribution in [-0.2, 0) is 19.9 Å². The number of amides is 1. The number of ether oxygens (including phenoxy) is 1. The van der Waals surface area contributed by atoms with Crippen LogP contribution in [0.1, 0.15) is 15.9 Å². The molecule has 0 unspecified atom stereocenters. The highest BCUT2D eigenvalue weighted by atomic mass is 32.2. The van der Waals surface area contributed by atoms with Crippen molar-refractivity contribution in [1.82, 2.24) is 0 Å². The minimum absolute atomic E-state index is 0.0272. The van der Waals surface area contributed by atoms with Gasteiger partial charge in [0, 0.05) is 11.3 Å². The molecule has 0 saturated heterocycles. The van der Waals surface area contributed by atoms with Crippen molar-refractivity contribution < 1.29 is 30.8 Å². The van der Waals surface area contributed by atoms with E-state index in [4.69, 9.17) is 4.74 Å². The lowest BCUT2D eigenvalue weighted by atomic mass is 10.2. The molecule has 38 heavy (non-hydrogen) atoms. The van der Waals surface area contributed by atoms with Gasteiger partial charge in [-0.05, 0) is 85.3 Å². The third kappa shape index (κ3) is 5.68. The second-order valence-corrected chi connectivity index (χ2v) is 11.9. The first-order valence-corrected chi connectivity index (χ1v) is 14.2. The van der Waals surface area contributed by atoms with Gasteiger partial charge in [0.15, 0.2) is 0 Å². The van der Waals surface area contributed by atoms with E-state index in [2.05, 4.69) is 10.0 Å². The van der Waals surface area contributed by atoms with E-state index in [0.717, 1.165) is 12.1 Å². The molecule has 0 aromatic heterocycles. The Labute approximate surface area is 220 Å². The standard InChI is InChI=1S/C27H23FN2O6S2/c1-18-16-23(12-14-24(18)28)38(34,35)30-20-10-8-19(9-11-20)27(31)29-25-17-22(13-15-26(25)36-2)37(32,33)21-6-4-3-5-7-21/h3-17,30H,1-2H3,(H,29,31). The Balaban J connectivity index is 1.54. The average molecular weight is 555 g/mol. The number of sulfone groups is 1. The van der Waals surface area contributed by atoms with Crippen LogP contribution in [0.5, 0.6) is 5.75 Å². The van der Waals surface area contributed by atoms with Crippen molar-refractivity contribution in [3.8, 4) is 5.75 Å². The second-order valence-electron chi connectivity index (χ2n) is 8.23. The van der Waals surface area contributed by atoms with E-state index in [1.807, 2.05) is 0 Å². The molecule has 0 bridgehead atoms. The molecule has 4 aromatic rings. The van der Waals surface area contributed by atoms with E-state index in [1.54, 1.807) is 18.2 Å². The molecule has 196 valence electrons. The van der Waals surface area contributed by atoms with Crippen LogP contribution in [0.2, 0.25) is 0 Å². The number of carbonyl (C=O) groups excluding carboxylic acids is 1. The molecular weight excluding hydrogens is 531 g/mol. The zero-order valence-corrected chi connectivity index (χ0v) is 21.9. The summed E-state index contributed by atoms with van der Waals surface area (Å²) in [7, 11) is -6.42. The number of sulfonamides is 1. The van der Waals surface area contributed by atoms with Gasteiger partial charge in [-0.2, -0.15) is 0 Å². The molecule has 11 heteroatoms. The van der Waals surface area contributed by atoms with Crippen LogP contribution < -0.4 is 14.8 Å². The lowest BCUT2D eigenvalue weighted by Crippen LogP contribution is -2.15. The van der Waals surface area contributed by atoms with Gasteiger partial charge < -0.3 is 10.1 Å². The van der Waals surface area contributed by atoms with Crippen molar-refractivity contribution in [2.45, 2.75) is 21.6 Å². The quantitative estimate of drug-likeness (QED) is 0.315. The number of rotatable bonds is 8. The van der Waals surface area contributed by atoms with Crippen molar-refractivity contribution in [2.75, 3.05) is 17.1 Å². The Bertz CT molecular complexity index is 1710. The number of hydrogen-bond acceptors (Lipinski definition) is 6. The highest BCUT2D eigenvalue weighted by molar-refractivity contribution is 7.92. The molecule has 4 rings (SSSR count). The minimum Gasteiger partial charge on any atom is -0.495 e. The van der Waals surface area contributed by atoms with Crippen LogP contribution in [0.25, 0.3) is 0 Å². The van der Waals surface area contributed by atoms with E-state index in [-0.39, 0.29) is 42.9 Å². The summed E-state index contributed by atoms with van der Waals surface area (Å²) >= 11 is 0. The molecule has 0 saturated carbocycles. The van der Waals surface area contributed by atoms with Gasteiger partial charge in [0.2, 0.25) is 9.84 Å². The van der Waals surface area contributed by atoms with Crippen LogP contribution in [0, 0.1) is 12.7 Å². The maximum absolute atomic E-state index is 13.5. The molecule has 0 atom stereocenters. The molecular formula is C27H23FN2O6S2. The van der Waals surface area contributed by atoms with Gasteiger partial charge in [-0.25, -0.2) is 21.2 Å². The zero-order chi connectivity index (χ0) is 27.5. The summed E-state index contributed by atoms with van der Waals surface area (Å²) in [5.74, 6) is -0.829. The largest absolute Gasteiger partial charge is 0.495 e. The van der Waals surface area contributed by atoms with Crippen molar-refractivity contribution in [2.24, 2.45) is 0 Å². The average Bonchev–Trinajstić information content (AvgIpc) is 2.90. The summed E-state index contributed by atoms with van der Waals surface area (Å²) < 4.78 is 72.4. The van der Waals surface area contributed by atoms with E-state index in [1.165, 1.54) is 74.7 Å². The molecule has 4 aromatic carbocycles. The summed E-state index contributed by atoms with van der Waals surface area (Å²) in [6.07, 6.45) is 0. The summed E-state index contributed by atoms with van der Waals surface area (Å²) in [6, 6.07) is 21.1. The minimum atomic E-state index is -3.98. The Kier molecular flexibility index (Phi) is 7.51. The summed E-state index contributed by atoms with van der Waals surface area (Å²) in [6.45, 7) is 1.46. The third-order valence-electron chi connectivity index (χ3n) is 5.62. The number of benzene rings is 4. The maximum atomic E-state index is 13.5. The van der Waals surface area contributed by atoms with Gasteiger partial charge >= 0.3 is 0 Å². The lowest BCUT2D eigenvalue weighted by Gasteiger charge is -2.13. The molecule has 0 aliphatic carbocycles. The smallest absolute Gasteiger partial charge is 0.261 e. The van der Waals surface area contributed by atoms with E-state index in [9.17, 15) is 26.0 Å². The number of halogens is 1. The fraction of sp³-hybridized carbons (Fsp3) is 0.0741. The Morgan fingerprint density at radius 1 is 0.789 bits per heavy atom. The SMILES string of the molecule is COc1ccc(S(=O)(=O)c2ccccc2)cc1NC(=O)c1ccc(NS(=O)(=O)c2ccc(F)c(C)c2)cc1. The third-order valence-corrected chi connectivity index (χ3v) is 8.77. The van der Waals surface area contributed by atoms with Crippen molar-refractivity contribution >= 4 is 37.1 Å². The first kappa shape index (κ1) is 26.8. The Morgan fingerprint density at radius 3 is 2.08 bits per heavy atom. The van der Waals surface area contributed by atoms with E-state index >= 15 is 0 Å². The van der Waals surface area contributed by atoms with Crippen molar-refractivity contribution in [3.63, 3.8) is 0 Å². The van der Waals surface area contributed by atoms with E-state index < -0.39 is 31.6 Å². The van der Waals surface area contributed by atoms with Crippen LogP contribution in [0.3, 0.4) is 0 Å². The highest BCUT2D eigenvalue weighted by Gasteiger charge is 2.21. The first-order chi connectivity index (χ1) is 18.0. The first-order valence-electron chi connectivity index (χ1n) is 11.2. The molecule has 0 aliphatic rings. The van der Waals surface area contributed by atoms with Gasteiger partial charge in [-0.15, -0.1) is 0 Å². The molecule has 0 heterocycles. The molecule has 8 nitrogen and oxygen atoms in total. The Morgan fingerprint density at radius 2 is 1.45 bits per heavy atom. The monoisotopic (exact) mass is 554 g/mol. The van der Waals surface area contributed by atoms with Gasteiger partial charge in [0.1, 0.15) is 11.6 Å². The molecule has 0 aliphatic heterocycles. The predicted octanol–water partition coefficient (Wildman–Crippen LogP) is 5.03. The normalized spacial score (nSPS) is 11.6. The number of nitrogens with one attached hydrogen (secondary N) is 2. The molecule has 2 N–H and O–H groups in total. The van der Waals surface area contributed by atoms with Crippen LogP contribution in [0.15, 0.2) is 106 Å². The maximum Gasteiger partial charge on any atom is 0.261 e. The number of hydrogen-bond donors (Lipinski definition) is 2. The topological polar surface area (TPSA) is 119 Å². The highest BCUT2D eigenvalue weighted by Crippen LogP contribution is 2.31. The van der Waals surface area contributed by atoms with Gasteiger partial charge in [-0.3, -0.25) is 9.52 Å². The molecule has 0 radical (unpaired) electrons. The fourth-order valence-corrected chi connectivity index (χ4v) is 6.02. The number of anilines is 2. The van der Waals surface area contributed by atoms with Crippen molar-refractivity contribution in [3.05, 3.63) is 108 Å². The molecule has 0 spiro atoms. The molecule has 1 amide bonds. The molecule has 0 fully saturated rings. The predicted molar refractivity (Wildman–Crippen MR) is 141 cm³/mol. The zero-order valence-electron chi connectivity index (χ0n) is 20.3. The number of methoxy groups -OCH3 is 1. The second kappa shape index (κ2) is 10.6. The van der Waals surface area contributed by atoms with E-state index in [0.29, 0.717) is 0 Å². The summed E-state index contributed by atoms with van der Waals surface area (Å²) in [5, 5.41) is 2.64. The Hall–Kier alpha value is -4.22.